The fourth-order valence-corrected chi connectivity index (χ4v) is 6.27. The third-order valence-corrected chi connectivity index (χ3v) is 9.97. The highest BCUT2D eigenvalue weighted by Crippen LogP contribution is 2.43. The Morgan fingerprint density at radius 3 is 1.49 bits per heavy atom. The number of hydrogen-bond acceptors (Lipinski definition) is 8. The van der Waals surface area contributed by atoms with Crippen LogP contribution >= 0.6 is 7.82 Å². The number of nitrogens with zero attached hydrogens (tertiary/aromatic N) is 1. The monoisotopic (exact) mass is 820 g/mol. The van der Waals surface area contributed by atoms with Crippen LogP contribution in [0, 0.1) is 0 Å². The molecule has 57 heavy (non-hydrogen) atoms. The zero-order chi connectivity index (χ0) is 41.9. The van der Waals surface area contributed by atoms with E-state index in [1.54, 1.807) is 4.90 Å². The van der Waals surface area contributed by atoms with Crippen LogP contribution in [-0.2, 0) is 32.7 Å². The maximum atomic E-state index is 12.6. The van der Waals surface area contributed by atoms with Crippen molar-refractivity contribution in [2.45, 2.75) is 174 Å². The molecule has 9 nitrogen and oxygen atoms in total. The molecule has 2 atom stereocenters. The van der Waals surface area contributed by atoms with Crippen molar-refractivity contribution in [3.8, 4) is 0 Å². The van der Waals surface area contributed by atoms with E-state index in [1.807, 2.05) is 20.2 Å². The van der Waals surface area contributed by atoms with Crippen molar-refractivity contribution in [3.05, 3.63) is 72.9 Å². The Bertz CT molecular complexity index is 1180. The molecule has 328 valence electrons. The highest BCUT2D eigenvalue weighted by Gasteiger charge is 2.26. The first-order chi connectivity index (χ1) is 27.7. The van der Waals surface area contributed by atoms with E-state index in [1.165, 1.54) is 64.2 Å². The number of carbonyl (C=O) groups is 2. The number of allylic oxidation sites excluding steroid dienone is 12. The minimum absolute atomic E-state index is 0.00905. The van der Waals surface area contributed by atoms with Gasteiger partial charge in [0.1, 0.15) is 6.61 Å². The molecule has 0 aromatic rings. The minimum Gasteiger partial charge on any atom is -0.462 e. The SMILES string of the molecule is CCCCC/C=C\C/C=C\C/C=C\CCCCCCC(=O)OCC(COP(=O)(O)OCCN(C)C)OC(=O)CCC/C=C\C/C=C\C/C=C\CCCCCCCC. The van der Waals surface area contributed by atoms with Crippen LogP contribution in [0.4, 0.5) is 0 Å². The van der Waals surface area contributed by atoms with Gasteiger partial charge in [0.2, 0.25) is 0 Å². The topological polar surface area (TPSA) is 112 Å². The molecule has 0 rings (SSSR count). The normalized spacial score (nSPS) is 14.1. The molecule has 0 aromatic carbocycles. The van der Waals surface area contributed by atoms with Crippen LogP contribution in [0.3, 0.4) is 0 Å². The molecule has 0 aliphatic heterocycles. The van der Waals surface area contributed by atoms with E-state index >= 15 is 0 Å². The van der Waals surface area contributed by atoms with E-state index in [9.17, 15) is 19.0 Å². The zero-order valence-electron chi connectivity index (χ0n) is 36.5. The predicted octanol–water partition coefficient (Wildman–Crippen LogP) is 12.9. The number of phosphoric ester groups is 1. The zero-order valence-corrected chi connectivity index (χ0v) is 37.4. The number of hydrogen-bond donors (Lipinski definition) is 1. The highest BCUT2D eigenvalue weighted by molar-refractivity contribution is 7.47. The van der Waals surface area contributed by atoms with Gasteiger partial charge in [-0.2, -0.15) is 0 Å². The first-order valence-corrected chi connectivity index (χ1v) is 23.7. The average molecular weight is 820 g/mol. The summed E-state index contributed by atoms with van der Waals surface area (Å²) in [6, 6.07) is 0. The second-order valence-electron chi connectivity index (χ2n) is 14.9. The summed E-state index contributed by atoms with van der Waals surface area (Å²) in [7, 11) is -0.755. The molecule has 0 heterocycles. The van der Waals surface area contributed by atoms with Gasteiger partial charge >= 0.3 is 19.8 Å². The van der Waals surface area contributed by atoms with Gasteiger partial charge in [-0.1, -0.05) is 145 Å². The maximum absolute atomic E-state index is 12.6. The molecule has 0 saturated carbocycles. The molecule has 0 bridgehead atoms. The van der Waals surface area contributed by atoms with Crippen LogP contribution in [0.15, 0.2) is 72.9 Å². The Balaban J connectivity index is 4.43. The van der Waals surface area contributed by atoms with Crippen LogP contribution < -0.4 is 0 Å². The van der Waals surface area contributed by atoms with Gasteiger partial charge in [-0.05, 0) is 97.6 Å². The Morgan fingerprint density at radius 1 is 0.544 bits per heavy atom. The Kier molecular flexibility index (Phi) is 39.7. The molecule has 0 saturated heterocycles. The van der Waals surface area contributed by atoms with Crippen molar-refractivity contribution in [1.82, 2.24) is 4.90 Å². The van der Waals surface area contributed by atoms with Gasteiger partial charge in [0.15, 0.2) is 6.10 Å². The number of phosphoric acid groups is 1. The molecule has 10 heteroatoms. The maximum Gasteiger partial charge on any atom is 0.472 e. The minimum atomic E-state index is -4.38. The average Bonchev–Trinajstić information content (AvgIpc) is 3.18. The molecule has 0 aromatic heterocycles. The number of rotatable bonds is 40. The molecule has 2 unspecified atom stereocenters. The third kappa shape index (κ3) is 42.9. The predicted molar refractivity (Wildman–Crippen MR) is 238 cm³/mol. The number of esters is 2. The smallest absolute Gasteiger partial charge is 0.462 e. The van der Waals surface area contributed by atoms with Crippen molar-refractivity contribution >= 4 is 19.8 Å². The summed E-state index contributed by atoms with van der Waals surface area (Å²) in [4.78, 5) is 37.0. The number of ether oxygens (including phenoxy) is 2. The van der Waals surface area contributed by atoms with Crippen molar-refractivity contribution in [2.24, 2.45) is 0 Å². The summed E-state index contributed by atoms with van der Waals surface area (Å²) < 4.78 is 33.4. The Morgan fingerprint density at radius 2 is 0.965 bits per heavy atom. The van der Waals surface area contributed by atoms with Crippen LogP contribution in [-0.4, -0.2) is 68.3 Å². The van der Waals surface area contributed by atoms with Gasteiger partial charge in [-0.15, -0.1) is 0 Å². The fourth-order valence-electron chi connectivity index (χ4n) is 5.53. The van der Waals surface area contributed by atoms with Crippen LogP contribution in [0.2, 0.25) is 0 Å². The summed E-state index contributed by atoms with van der Waals surface area (Å²) in [6.07, 6.45) is 49.5. The molecule has 0 amide bonds. The summed E-state index contributed by atoms with van der Waals surface area (Å²) in [6.45, 7) is 4.19. The number of carbonyl (C=O) groups excluding carboxylic acids is 2. The summed E-state index contributed by atoms with van der Waals surface area (Å²) >= 11 is 0. The van der Waals surface area contributed by atoms with Gasteiger partial charge in [0.05, 0.1) is 13.2 Å². The molecule has 1 N–H and O–H groups in total. The summed E-state index contributed by atoms with van der Waals surface area (Å²) in [5.41, 5.74) is 0. The Hall–Kier alpha value is -2.55. The van der Waals surface area contributed by atoms with E-state index in [4.69, 9.17) is 18.5 Å². The van der Waals surface area contributed by atoms with E-state index in [2.05, 4.69) is 80.7 Å². The van der Waals surface area contributed by atoms with Crippen LogP contribution in [0.5, 0.6) is 0 Å². The largest absolute Gasteiger partial charge is 0.472 e. The molecule has 0 spiro atoms. The Labute approximate surface area is 348 Å². The lowest BCUT2D eigenvalue weighted by Crippen LogP contribution is -2.29. The molecular formula is C47H82NO8P. The van der Waals surface area contributed by atoms with Gasteiger partial charge in [0, 0.05) is 19.4 Å². The van der Waals surface area contributed by atoms with Crippen LogP contribution in [0.25, 0.3) is 0 Å². The lowest BCUT2D eigenvalue weighted by molar-refractivity contribution is -0.161. The van der Waals surface area contributed by atoms with E-state index in [0.717, 1.165) is 57.8 Å². The standard InChI is InChI=1S/C47H82NO8P/c1-5-7-9-11-13-15-17-19-21-23-25-27-29-31-33-35-37-39-46(49)53-43-45(44-55-57(51,52)54-42-41-48(3)4)56-47(50)40-38-36-34-32-30-28-26-24-22-20-18-16-14-12-10-8-6-2/h13,15,19-22,25-28,32,34,45H,5-12,14,16-18,23-24,29-31,33,35-44H2,1-4H3,(H,51,52)/b15-13-,21-19-,22-20-,27-25-,28-26-,34-32-. The van der Waals surface area contributed by atoms with Crippen molar-refractivity contribution < 1.29 is 37.6 Å². The molecule has 0 fully saturated rings. The van der Waals surface area contributed by atoms with Gasteiger partial charge in [0.25, 0.3) is 0 Å². The quantitative estimate of drug-likeness (QED) is 0.0279. The van der Waals surface area contributed by atoms with Gasteiger partial charge in [-0.25, -0.2) is 4.57 Å². The van der Waals surface area contributed by atoms with E-state index < -0.39 is 32.5 Å². The summed E-state index contributed by atoms with van der Waals surface area (Å²) in [5, 5.41) is 0. The van der Waals surface area contributed by atoms with Crippen LogP contribution in [0.1, 0.15) is 168 Å². The number of likely N-dealkylation sites (N-methyl/N-ethyl adjacent to an activating group) is 1. The third-order valence-electron chi connectivity index (χ3n) is 8.99. The van der Waals surface area contributed by atoms with Gasteiger partial charge < -0.3 is 19.3 Å². The van der Waals surface area contributed by atoms with Crippen molar-refractivity contribution in [1.29, 1.82) is 0 Å². The number of unbranched alkanes of at least 4 members (excludes halogenated alkanes) is 14. The highest BCUT2D eigenvalue weighted by atomic mass is 31.2. The van der Waals surface area contributed by atoms with Gasteiger partial charge in [-0.3, -0.25) is 18.6 Å². The molecule has 0 radical (unpaired) electrons. The lowest BCUT2D eigenvalue weighted by atomic mass is 10.1. The fraction of sp³-hybridized carbons (Fsp3) is 0.702. The second-order valence-corrected chi connectivity index (χ2v) is 16.3. The molecular weight excluding hydrogens is 737 g/mol. The van der Waals surface area contributed by atoms with Crippen molar-refractivity contribution in [3.63, 3.8) is 0 Å². The van der Waals surface area contributed by atoms with E-state index in [0.29, 0.717) is 25.8 Å². The lowest BCUT2D eigenvalue weighted by Gasteiger charge is -2.20. The van der Waals surface area contributed by atoms with E-state index in [-0.39, 0.29) is 26.1 Å². The van der Waals surface area contributed by atoms with Crippen molar-refractivity contribution in [2.75, 3.05) is 40.5 Å². The second kappa shape index (κ2) is 41.6. The molecule has 0 aliphatic carbocycles. The first kappa shape index (κ1) is 54.5. The molecule has 0 aliphatic rings. The first-order valence-electron chi connectivity index (χ1n) is 22.2. The summed E-state index contributed by atoms with van der Waals surface area (Å²) in [5.74, 6) is -0.895.